The summed E-state index contributed by atoms with van der Waals surface area (Å²) in [5, 5.41) is 30.3. The molecule has 1 amide bonds. The van der Waals surface area contributed by atoms with Crippen LogP contribution >= 0.6 is 0 Å². The van der Waals surface area contributed by atoms with Gasteiger partial charge in [0.25, 0.3) is 0 Å². The van der Waals surface area contributed by atoms with E-state index in [4.69, 9.17) is 5.11 Å². The summed E-state index contributed by atoms with van der Waals surface area (Å²) in [6, 6.07) is 0. The second-order valence-electron chi connectivity index (χ2n) is 7.70. The second-order valence-corrected chi connectivity index (χ2v) is 7.70. The van der Waals surface area contributed by atoms with Gasteiger partial charge in [-0.05, 0) is 12.8 Å². The quantitative estimate of drug-likeness (QED) is 0.260. The Bertz CT molecular complexity index is 319. The van der Waals surface area contributed by atoms with Gasteiger partial charge in [0.05, 0.1) is 18.8 Å². The highest BCUT2D eigenvalue weighted by Gasteiger charge is 2.28. The lowest BCUT2D eigenvalue weighted by Gasteiger charge is -2.30. The van der Waals surface area contributed by atoms with Crippen molar-refractivity contribution in [2.45, 2.75) is 109 Å². The zero-order valence-electron chi connectivity index (χ0n) is 17.0. The van der Waals surface area contributed by atoms with Crippen LogP contribution in [0.3, 0.4) is 0 Å². The van der Waals surface area contributed by atoms with E-state index in [1.807, 2.05) is 0 Å². The molecule has 5 nitrogen and oxygen atoms in total. The van der Waals surface area contributed by atoms with E-state index in [0.29, 0.717) is 13.0 Å². The van der Waals surface area contributed by atoms with E-state index in [0.717, 1.165) is 19.3 Å². The van der Waals surface area contributed by atoms with Crippen molar-refractivity contribution in [2.75, 3.05) is 19.8 Å². The highest BCUT2D eigenvalue weighted by atomic mass is 16.3. The molecular weight excluding hydrogens is 330 g/mol. The average Bonchev–Trinajstić information content (AvgIpc) is 2.63. The zero-order chi connectivity index (χ0) is 19.5. The molecule has 0 aliphatic heterocycles. The number of aliphatic hydroxyl groups excluding tert-OH is 3. The van der Waals surface area contributed by atoms with Crippen molar-refractivity contribution in [1.29, 1.82) is 0 Å². The van der Waals surface area contributed by atoms with Gasteiger partial charge in [-0.1, -0.05) is 83.5 Å². The van der Waals surface area contributed by atoms with Crippen molar-refractivity contribution in [2.24, 2.45) is 0 Å². The summed E-state index contributed by atoms with van der Waals surface area (Å²) in [4.78, 5) is 11.2. The van der Waals surface area contributed by atoms with Crippen LogP contribution < -0.4 is 5.32 Å². The fourth-order valence-electron chi connectivity index (χ4n) is 3.42. The van der Waals surface area contributed by atoms with Gasteiger partial charge in [-0.15, -0.1) is 0 Å². The van der Waals surface area contributed by atoms with Gasteiger partial charge in [0.2, 0.25) is 5.91 Å². The van der Waals surface area contributed by atoms with E-state index in [9.17, 15) is 15.0 Å². The molecule has 0 radical (unpaired) electrons. The smallest absolute Gasteiger partial charge is 0.217 e. The number of hydrogen-bond donors (Lipinski definition) is 4. The van der Waals surface area contributed by atoms with Crippen LogP contribution in [0.1, 0.15) is 103 Å². The first-order valence-electron chi connectivity index (χ1n) is 10.7. The Kier molecular flexibility index (Phi) is 17.3. The van der Waals surface area contributed by atoms with E-state index in [1.54, 1.807) is 0 Å². The Morgan fingerprint density at radius 2 is 1.00 bits per heavy atom. The summed E-state index contributed by atoms with van der Waals surface area (Å²) in [6.07, 6.45) is 17.7. The first-order chi connectivity index (χ1) is 12.6. The van der Waals surface area contributed by atoms with Crippen LogP contribution in [-0.2, 0) is 4.79 Å². The van der Waals surface area contributed by atoms with E-state index in [1.165, 1.54) is 77.6 Å². The largest absolute Gasteiger partial charge is 0.396 e. The lowest BCUT2D eigenvalue weighted by atomic mass is 9.93. The molecule has 0 spiro atoms. The molecule has 0 aliphatic rings. The number of carbonyl (C=O) groups excluding carboxylic acids is 1. The summed E-state index contributed by atoms with van der Waals surface area (Å²) >= 11 is 0. The molecule has 5 heteroatoms. The summed E-state index contributed by atoms with van der Waals surface area (Å²) in [7, 11) is 0. The van der Waals surface area contributed by atoms with E-state index in [2.05, 4.69) is 5.32 Å². The molecule has 0 rings (SSSR count). The lowest BCUT2D eigenvalue weighted by Crippen LogP contribution is -2.53. The predicted octanol–water partition coefficient (Wildman–Crippen LogP) is 3.69. The molecule has 0 atom stereocenters. The molecule has 26 heavy (non-hydrogen) atoms. The summed E-state index contributed by atoms with van der Waals surface area (Å²) < 4.78 is 0. The Labute approximate surface area is 160 Å². The molecule has 0 aromatic carbocycles. The Balaban J connectivity index is 3.41. The molecule has 0 aromatic rings. The predicted molar refractivity (Wildman–Crippen MR) is 107 cm³/mol. The van der Waals surface area contributed by atoms with Crippen molar-refractivity contribution < 1.29 is 20.1 Å². The number of aliphatic hydroxyl groups is 3. The monoisotopic (exact) mass is 373 g/mol. The first-order valence-corrected chi connectivity index (χ1v) is 10.7. The van der Waals surface area contributed by atoms with Gasteiger partial charge < -0.3 is 20.6 Å². The maximum absolute atomic E-state index is 11.2. The average molecular weight is 374 g/mol. The molecule has 0 heterocycles. The Hall–Kier alpha value is -0.650. The molecule has 156 valence electrons. The fraction of sp³-hybridized carbons (Fsp3) is 0.952. The number of amides is 1. The highest BCUT2D eigenvalue weighted by molar-refractivity contribution is 5.73. The van der Waals surface area contributed by atoms with Crippen molar-refractivity contribution >= 4 is 5.91 Å². The van der Waals surface area contributed by atoms with Crippen LogP contribution in [0.2, 0.25) is 0 Å². The van der Waals surface area contributed by atoms with Gasteiger partial charge in [-0.25, -0.2) is 0 Å². The van der Waals surface area contributed by atoms with Gasteiger partial charge in [0.15, 0.2) is 0 Å². The molecule has 0 saturated carbocycles. The summed E-state index contributed by atoms with van der Waals surface area (Å²) in [5.74, 6) is -0.210. The molecule has 0 aliphatic carbocycles. The maximum atomic E-state index is 11.2. The van der Waals surface area contributed by atoms with Crippen molar-refractivity contribution in [3.8, 4) is 0 Å². The SMILES string of the molecule is CC(=O)NC(CO)(CO)CCCCCCCCCCCCCCCCO. The van der Waals surface area contributed by atoms with Crippen LogP contribution in [0.15, 0.2) is 0 Å². The number of carbonyl (C=O) groups is 1. The number of unbranched alkanes of at least 4 members (excludes halogenated alkanes) is 13. The van der Waals surface area contributed by atoms with Crippen LogP contribution in [0.5, 0.6) is 0 Å². The third-order valence-electron chi connectivity index (χ3n) is 5.11. The minimum Gasteiger partial charge on any atom is -0.396 e. The number of hydrogen-bond acceptors (Lipinski definition) is 4. The molecule has 0 aromatic heterocycles. The topological polar surface area (TPSA) is 89.8 Å². The van der Waals surface area contributed by atoms with Crippen LogP contribution in [0, 0.1) is 0 Å². The fourth-order valence-corrected chi connectivity index (χ4v) is 3.42. The zero-order valence-corrected chi connectivity index (χ0v) is 17.0. The van der Waals surface area contributed by atoms with E-state index >= 15 is 0 Å². The molecule has 0 saturated heterocycles. The van der Waals surface area contributed by atoms with E-state index in [-0.39, 0.29) is 19.1 Å². The molecule has 4 N–H and O–H groups in total. The van der Waals surface area contributed by atoms with Crippen molar-refractivity contribution in [3.05, 3.63) is 0 Å². The van der Waals surface area contributed by atoms with Crippen LogP contribution in [0.25, 0.3) is 0 Å². The highest BCUT2D eigenvalue weighted by Crippen LogP contribution is 2.17. The minimum atomic E-state index is -0.857. The second kappa shape index (κ2) is 17.7. The Morgan fingerprint density at radius 1 is 0.654 bits per heavy atom. The van der Waals surface area contributed by atoms with Gasteiger partial charge >= 0.3 is 0 Å². The van der Waals surface area contributed by atoms with Gasteiger partial charge in [0, 0.05) is 13.5 Å². The molecule has 0 fully saturated rings. The van der Waals surface area contributed by atoms with Crippen molar-refractivity contribution in [3.63, 3.8) is 0 Å². The van der Waals surface area contributed by atoms with Gasteiger partial charge in [0.1, 0.15) is 0 Å². The summed E-state index contributed by atoms with van der Waals surface area (Å²) in [6.45, 7) is 1.31. The summed E-state index contributed by atoms with van der Waals surface area (Å²) in [5.41, 5.74) is -0.857. The molecule has 0 unspecified atom stereocenters. The van der Waals surface area contributed by atoms with E-state index < -0.39 is 5.54 Å². The van der Waals surface area contributed by atoms with Crippen molar-refractivity contribution in [1.82, 2.24) is 5.32 Å². The Morgan fingerprint density at radius 3 is 1.31 bits per heavy atom. The minimum absolute atomic E-state index is 0.210. The first kappa shape index (κ1) is 25.4. The lowest BCUT2D eigenvalue weighted by molar-refractivity contribution is -0.122. The normalized spacial score (nSPS) is 11.7. The van der Waals surface area contributed by atoms with Gasteiger partial charge in [-0.2, -0.15) is 0 Å². The van der Waals surface area contributed by atoms with Crippen LogP contribution in [-0.4, -0.2) is 46.6 Å². The number of rotatable bonds is 19. The third-order valence-corrected chi connectivity index (χ3v) is 5.11. The maximum Gasteiger partial charge on any atom is 0.217 e. The van der Waals surface area contributed by atoms with Crippen LogP contribution in [0.4, 0.5) is 0 Å². The molecular formula is C21H43NO4. The standard InChI is InChI=1S/C21H43NO4/c1-20(26)22-21(18-24,19-25)16-14-12-10-8-6-4-2-3-5-7-9-11-13-15-17-23/h23-25H,2-19H2,1H3,(H,22,26). The third kappa shape index (κ3) is 14.5. The van der Waals surface area contributed by atoms with Gasteiger partial charge in [-0.3, -0.25) is 4.79 Å². The number of nitrogens with one attached hydrogen (secondary N) is 1. The molecule has 0 bridgehead atoms.